The number of carbonyl (C=O) groups is 1. The number of nitrogens with zero attached hydrogens (tertiary/aromatic N) is 1. The Balaban J connectivity index is 1.73. The highest BCUT2D eigenvalue weighted by atomic mass is 79.9. The summed E-state index contributed by atoms with van der Waals surface area (Å²) in [6.45, 7) is 6.89. The average molecular weight is 489 g/mol. The lowest BCUT2D eigenvalue weighted by atomic mass is 10.0. The normalized spacial score (nSPS) is 11.0. The molecule has 0 saturated heterocycles. The maximum Gasteiger partial charge on any atom is 0.256 e. The van der Waals surface area contributed by atoms with Crippen LogP contribution in [0.5, 0.6) is 5.75 Å². The first-order valence-corrected chi connectivity index (χ1v) is 11.4. The van der Waals surface area contributed by atoms with Crippen LogP contribution >= 0.6 is 15.9 Å². The fraction of sp³-hybridized carbons (Fsp3) is 0.185. The number of nitrogens with one attached hydrogen (secondary N) is 1. The second-order valence-corrected chi connectivity index (χ2v) is 9.10. The molecule has 162 valence electrons. The summed E-state index contributed by atoms with van der Waals surface area (Å²) in [5.41, 5.74) is 4.82. The van der Waals surface area contributed by atoms with Crippen molar-refractivity contribution >= 4 is 38.4 Å². The second-order valence-electron chi connectivity index (χ2n) is 8.24. The number of anilines is 1. The molecule has 1 aromatic heterocycles. The van der Waals surface area contributed by atoms with Gasteiger partial charge in [-0.3, -0.25) is 4.79 Å². The number of aromatic nitrogens is 1. The maximum absolute atomic E-state index is 13.3. The van der Waals surface area contributed by atoms with Crippen molar-refractivity contribution in [3.05, 3.63) is 88.4 Å². The van der Waals surface area contributed by atoms with Crippen LogP contribution in [0.3, 0.4) is 0 Å². The lowest BCUT2D eigenvalue weighted by molar-refractivity contribution is 0.102. The van der Waals surface area contributed by atoms with Crippen molar-refractivity contribution in [1.82, 2.24) is 4.98 Å². The molecule has 1 heterocycles. The molecule has 5 heteroatoms. The molecule has 1 amide bonds. The van der Waals surface area contributed by atoms with E-state index in [9.17, 15) is 4.79 Å². The van der Waals surface area contributed by atoms with E-state index in [2.05, 4.69) is 35.1 Å². The predicted molar refractivity (Wildman–Crippen MR) is 134 cm³/mol. The van der Waals surface area contributed by atoms with E-state index in [0.717, 1.165) is 43.6 Å². The number of fused-ring (bicyclic) bond motifs is 1. The van der Waals surface area contributed by atoms with Gasteiger partial charge in [-0.15, -0.1) is 0 Å². The first-order chi connectivity index (χ1) is 15.4. The Morgan fingerprint density at radius 1 is 1.03 bits per heavy atom. The molecule has 1 N–H and O–H groups in total. The highest BCUT2D eigenvalue weighted by molar-refractivity contribution is 9.10. The van der Waals surface area contributed by atoms with Crippen LogP contribution in [0.4, 0.5) is 5.69 Å². The molecule has 0 aliphatic carbocycles. The molecule has 0 radical (unpaired) electrons. The van der Waals surface area contributed by atoms with Gasteiger partial charge in [0.1, 0.15) is 5.75 Å². The minimum atomic E-state index is -0.179. The zero-order valence-electron chi connectivity index (χ0n) is 18.4. The SMILES string of the molecule is Cc1ccc(NC(=O)c2cc(-c3cccc(OCC(C)C)c3)nc3ccccc23)c(Br)c1. The van der Waals surface area contributed by atoms with Gasteiger partial charge in [0.15, 0.2) is 0 Å². The number of rotatable bonds is 6. The van der Waals surface area contributed by atoms with E-state index >= 15 is 0 Å². The lowest BCUT2D eigenvalue weighted by Gasteiger charge is -2.13. The molecule has 0 spiro atoms. The zero-order valence-corrected chi connectivity index (χ0v) is 19.9. The molecule has 32 heavy (non-hydrogen) atoms. The second kappa shape index (κ2) is 9.53. The fourth-order valence-corrected chi connectivity index (χ4v) is 4.02. The number of para-hydroxylation sites is 1. The van der Waals surface area contributed by atoms with Crippen molar-refractivity contribution in [1.29, 1.82) is 0 Å². The van der Waals surface area contributed by atoms with Crippen LogP contribution in [-0.2, 0) is 0 Å². The molecular weight excluding hydrogens is 464 g/mol. The Bertz CT molecular complexity index is 1280. The van der Waals surface area contributed by atoms with Crippen LogP contribution in [0.1, 0.15) is 29.8 Å². The van der Waals surface area contributed by atoms with Gasteiger partial charge in [-0.1, -0.05) is 50.2 Å². The molecule has 0 fully saturated rings. The number of aryl methyl sites for hydroxylation is 1. The highest BCUT2D eigenvalue weighted by Crippen LogP contribution is 2.29. The number of hydrogen-bond acceptors (Lipinski definition) is 3. The third kappa shape index (κ3) is 5.00. The van der Waals surface area contributed by atoms with Gasteiger partial charge < -0.3 is 10.1 Å². The van der Waals surface area contributed by atoms with Gasteiger partial charge in [0, 0.05) is 15.4 Å². The van der Waals surface area contributed by atoms with Crippen LogP contribution < -0.4 is 10.1 Å². The number of benzene rings is 3. The van der Waals surface area contributed by atoms with Crippen molar-refractivity contribution in [2.24, 2.45) is 5.92 Å². The van der Waals surface area contributed by atoms with E-state index in [1.807, 2.05) is 79.7 Å². The number of pyridine rings is 1. The van der Waals surface area contributed by atoms with Crippen molar-refractivity contribution < 1.29 is 9.53 Å². The van der Waals surface area contributed by atoms with Gasteiger partial charge in [-0.25, -0.2) is 4.98 Å². The minimum Gasteiger partial charge on any atom is -0.493 e. The fourth-order valence-electron chi connectivity index (χ4n) is 3.43. The monoisotopic (exact) mass is 488 g/mol. The first kappa shape index (κ1) is 22.0. The van der Waals surface area contributed by atoms with Crippen LogP contribution in [0.2, 0.25) is 0 Å². The van der Waals surface area contributed by atoms with E-state index < -0.39 is 0 Å². The van der Waals surface area contributed by atoms with Gasteiger partial charge in [-0.05, 0) is 70.7 Å². The molecule has 0 bridgehead atoms. The van der Waals surface area contributed by atoms with Crippen LogP contribution in [0.25, 0.3) is 22.2 Å². The van der Waals surface area contributed by atoms with E-state index in [-0.39, 0.29) is 5.91 Å². The lowest BCUT2D eigenvalue weighted by Crippen LogP contribution is -2.13. The standard InChI is InChI=1S/C27H25BrN2O2/c1-17(2)16-32-20-8-6-7-19(14-20)26-15-22(21-9-4-5-10-24(21)29-26)27(31)30-25-12-11-18(3)13-23(25)28/h4-15,17H,16H2,1-3H3,(H,30,31). The quantitative estimate of drug-likeness (QED) is 0.310. The molecule has 3 aromatic carbocycles. The third-order valence-electron chi connectivity index (χ3n) is 5.05. The topological polar surface area (TPSA) is 51.2 Å². The number of hydrogen-bond donors (Lipinski definition) is 1. The van der Waals surface area contributed by atoms with E-state index in [1.165, 1.54) is 0 Å². The summed E-state index contributed by atoms with van der Waals surface area (Å²) in [6, 6.07) is 23.2. The van der Waals surface area contributed by atoms with E-state index in [4.69, 9.17) is 9.72 Å². The molecule has 0 unspecified atom stereocenters. The number of ether oxygens (including phenoxy) is 1. The van der Waals surface area contributed by atoms with Crippen LogP contribution in [0, 0.1) is 12.8 Å². The molecule has 4 aromatic rings. The van der Waals surface area contributed by atoms with Crippen LogP contribution in [-0.4, -0.2) is 17.5 Å². The van der Waals surface area contributed by atoms with Crippen LogP contribution in [0.15, 0.2) is 77.3 Å². The smallest absolute Gasteiger partial charge is 0.256 e. The van der Waals surface area contributed by atoms with Gasteiger partial charge >= 0.3 is 0 Å². The van der Waals surface area contributed by atoms with Gasteiger partial charge in [0.05, 0.1) is 29.1 Å². The Kier molecular flexibility index (Phi) is 6.56. The van der Waals surface area contributed by atoms with Crippen molar-refractivity contribution in [2.75, 3.05) is 11.9 Å². The summed E-state index contributed by atoms with van der Waals surface area (Å²) in [6.07, 6.45) is 0. The third-order valence-corrected chi connectivity index (χ3v) is 5.70. The summed E-state index contributed by atoms with van der Waals surface area (Å²) in [7, 11) is 0. The number of carbonyl (C=O) groups excluding carboxylic acids is 1. The average Bonchev–Trinajstić information content (AvgIpc) is 2.79. The molecule has 0 atom stereocenters. The van der Waals surface area contributed by atoms with Gasteiger partial charge in [0.25, 0.3) is 5.91 Å². The van der Waals surface area contributed by atoms with Crippen molar-refractivity contribution in [3.8, 4) is 17.0 Å². The minimum absolute atomic E-state index is 0.179. The summed E-state index contributed by atoms with van der Waals surface area (Å²) in [5.74, 6) is 1.05. The Morgan fingerprint density at radius 3 is 2.62 bits per heavy atom. The van der Waals surface area contributed by atoms with E-state index in [1.54, 1.807) is 0 Å². The van der Waals surface area contributed by atoms with Crippen molar-refractivity contribution in [3.63, 3.8) is 0 Å². The summed E-state index contributed by atoms with van der Waals surface area (Å²) >= 11 is 3.54. The Morgan fingerprint density at radius 2 is 1.84 bits per heavy atom. The van der Waals surface area contributed by atoms with E-state index in [0.29, 0.717) is 18.1 Å². The molecular formula is C27H25BrN2O2. The zero-order chi connectivity index (χ0) is 22.7. The van der Waals surface area contributed by atoms with Crippen molar-refractivity contribution in [2.45, 2.75) is 20.8 Å². The largest absolute Gasteiger partial charge is 0.493 e. The van der Waals surface area contributed by atoms with Gasteiger partial charge in [-0.2, -0.15) is 0 Å². The summed E-state index contributed by atoms with van der Waals surface area (Å²) in [5, 5.41) is 3.84. The molecule has 4 rings (SSSR count). The predicted octanol–water partition coefficient (Wildman–Crippen LogP) is 7.26. The maximum atomic E-state index is 13.3. The highest BCUT2D eigenvalue weighted by Gasteiger charge is 2.15. The molecule has 0 aliphatic heterocycles. The first-order valence-electron chi connectivity index (χ1n) is 10.6. The summed E-state index contributed by atoms with van der Waals surface area (Å²) < 4.78 is 6.73. The van der Waals surface area contributed by atoms with Gasteiger partial charge in [0.2, 0.25) is 0 Å². The number of halogens is 1. The molecule has 4 nitrogen and oxygen atoms in total. The molecule has 0 aliphatic rings. The summed E-state index contributed by atoms with van der Waals surface area (Å²) in [4.78, 5) is 18.1. The molecule has 0 saturated carbocycles. The number of amides is 1. The Labute approximate surface area is 196 Å². The Hall–Kier alpha value is -3.18.